The fraction of sp³-hybridized carbons (Fsp3) is 0.182. The lowest BCUT2D eigenvalue weighted by molar-refractivity contribution is 0.159. The number of hydrogen-bond acceptors (Lipinski definition) is 2. The lowest BCUT2D eigenvalue weighted by Crippen LogP contribution is -2.33. The van der Waals surface area contributed by atoms with Crippen LogP contribution in [-0.2, 0) is 10.2 Å². The zero-order valence-electron chi connectivity index (χ0n) is 13.7. The van der Waals surface area contributed by atoms with E-state index in [4.69, 9.17) is 4.74 Å². The Labute approximate surface area is 147 Å². The first-order valence-electron chi connectivity index (χ1n) is 8.21. The molecule has 0 unspecified atom stereocenters. The van der Waals surface area contributed by atoms with Gasteiger partial charge in [0.2, 0.25) is 0 Å². The molecular formula is C22H20OS. The van der Waals surface area contributed by atoms with Gasteiger partial charge in [-0.05, 0) is 34.4 Å². The smallest absolute Gasteiger partial charge is 0.0608 e. The van der Waals surface area contributed by atoms with Crippen molar-refractivity contribution in [2.45, 2.75) is 10.3 Å². The Balaban J connectivity index is 1.81. The Bertz CT molecular complexity index is 796. The molecule has 2 heteroatoms. The number of rotatable bonds is 5. The van der Waals surface area contributed by atoms with E-state index in [9.17, 15) is 0 Å². The number of methoxy groups -OCH3 is 1. The lowest BCUT2D eigenvalue weighted by atomic mass is 9.81. The summed E-state index contributed by atoms with van der Waals surface area (Å²) in [5, 5.41) is 0. The predicted octanol–water partition coefficient (Wildman–Crippen LogP) is 5.39. The summed E-state index contributed by atoms with van der Waals surface area (Å²) in [6, 6.07) is 28.2. The molecule has 0 amide bonds. The average Bonchev–Trinajstić information content (AvgIpc) is 2.93. The molecule has 0 radical (unpaired) electrons. The number of ether oxygens (including phenoxy) is 1. The van der Waals surface area contributed by atoms with Gasteiger partial charge in [0.1, 0.15) is 0 Å². The van der Waals surface area contributed by atoms with Crippen molar-refractivity contribution in [1.29, 1.82) is 0 Å². The number of fused-ring (bicyclic) bond motifs is 3. The quantitative estimate of drug-likeness (QED) is 0.579. The molecule has 1 aliphatic carbocycles. The highest BCUT2D eigenvalue weighted by molar-refractivity contribution is 7.99. The Hall–Kier alpha value is -2.03. The first kappa shape index (κ1) is 15.5. The fourth-order valence-corrected chi connectivity index (χ4v) is 4.89. The van der Waals surface area contributed by atoms with Gasteiger partial charge in [-0.15, -0.1) is 11.8 Å². The standard InChI is InChI=1S/C22H20OS/c1-23-15-22(16-24-17-9-3-2-4-10-17)20-13-7-5-11-18(20)19-12-6-8-14-21(19)22/h2-14H,15-16H2,1H3. The van der Waals surface area contributed by atoms with Gasteiger partial charge < -0.3 is 4.74 Å². The van der Waals surface area contributed by atoms with Gasteiger partial charge in [0, 0.05) is 17.8 Å². The van der Waals surface area contributed by atoms with Crippen molar-refractivity contribution in [1.82, 2.24) is 0 Å². The zero-order valence-corrected chi connectivity index (χ0v) is 14.6. The molecule has 1 aliphatic rings. The maximum absolute atomic E-state index is 5.72. The van der Waals surface area contributed by atoms with Crippen molar-refractivity contribution >= 4 is 11.8 Å². The van der Waals surface area contributed by atoms with E-state index in [0.29, 0.717) is 6.61 Å². The molecule has 0 fully saturated rings. The summed E-state index contributed by atoms with van der Waals surface area (Å²) >= 11 is 1.90. The average molecular weight is 332 g/mol. The predicted molar refractivity (Wildman–Crippen MR) is 102 cm³/mol. The highest BCUT2D eigenvalue weighted by atomic mass is 32.2. The highest BCUT2D eigenvalue weighted by Crippen LogP contribution is 2.50. The SMILES string of the molecule is COCC1(CSc2ccccc2)c2ccccc2-c2ccccc21. The maximum Gasteiger partial charge on any atom is 0.0608 e. The van der Waals surface area contributed by atoms with Crippen molar-refractivity contribution < 1.29 is 4.74 Å². The van der Waals surface area contributed by atoms with Gasteiger partial charge in [-0.25, -0.2) is 0 Å². The maximum atomic E-state index is 5.72. The van der Waals surface area contributed by atoms with Crippen LogP contribution in [0.25, 0.3) is 11.1 Å². The minimum atomic E-state index is -0.0948. The van der Waals surface area contributed by atoms with E-state index in [1.807, 2.05) is 11.8 Å². The van der Waals surface area contributed by atoms with E-state index in [0.717, 1.165) is 5.75 Å². The normalized spacial score (nSPS) is 14.2. The van der Waals surface area contributed by atoms with Crippen LogP contribution in [0.4, 0.5) is 0 Å². The molecule has 0 aromatic heterocycles. The van der Waals surface area contributed by atoms with Crippen LogP contribution in [0.1, 0.15) is 11.1 Å². The number of benzene rings is 3. The van der Waals surface area contributed by atoms with E-state index in [1.54, 1.807) is 7.11 Å². The second kappa shape index (κ2) is 6.46. The summed E-state index contributed by atoms with van der Waals surface area (Å²) in [5.41, 5.74) is 5.37. The van der Waals surface area contributed by atoms with Crippen LogP contribution < -0.4 is 0 Å². The van der Waals surface area contributed by atoms with Gasteiger partial charge >= 0.3 is 0 Å². The minimum absolute atomic E-state index is 0.0948. The molecule has 24 heavy (non-hydrogen) atoms. The number of thioether (sulfide) groups is 1. The Kier molecular flexibility index (Phi) is 4.17. The molecular weight excluding hydrogens is 312 g/mol. The molecule has 0 spiro atoms. The van der Waals surface area contributed by atoms with Crippen molar-refractivity contribution in [2.24, 2.45) is 0 Å². The Morgan fingerprint density at radius 2 is 1.29 bits per heavy atom. The van der Waals surface area contributed by atoms with E-state index in [-0.39, 0.29) is 5.41 Å². The van der Waals surface area contributed by atoms with Crippen molar-refractivity contribution in [3.05, 3.63) is 90.0 Å². The van der Waals surface area contributed by atoms with Crippen LogP contribution in [-0.4, -0.2) is 19.5 Å². The monoisotopic (exact) mass is 332 g/mol. The second-order valence-electron chi connectivity index (χ2n) is 6.21. The molecule has 3 aromatic carbocycles. The Morgan fingerprint density at radius 1 is 0.750 bits per heavy atom. The lowest BCUT2D eigenvalue weighted by Gasteiger charge is -2.31. The summed E-state index contributed by atoms with van der Waals surface area (Å²) in [5.74, 6) is 0.971. The first-order chi connectivity index (χ1) is 11.8. The molecule has 0 saturated carbocycles. The minimum Gasteiger partial charge on any atom is -0.383 e. The van der Waals surface area contributed by atoms with Crippen LogP contribution >= 0.6 is 11.8 Å². The molecule has 0 N–H and O–H groups in total. The summed E-state index contributed by atoms with van der Waals surface area (Å²) in [4.78, 5) is 1.30. The summed E-state index contributed by atoms with van der Waals surface area (Å²) < 4.78 is 5.72. The van der Waals surface area contributed by atoms with Gasteiger partial charge in [0.15, 0.2) is 0 Å². The van der Waals surface area contributed by atoms with Crippen molar-refractivity contribution in [3.8, 4) is 11.1 Å². The first-order valence-corrected chi connectivity index (χ1v) is 9.20. The molecule has 0 aliphatic heterocycles. The molecule has 1 nitrogen and oxygen atoms in total. The van der Waals surface area contributed by atoms with Crippen molar-refractivity contribution in [2.75, 3.05) is 19.5 Å². The largest absolute Gasteiger partial charge is 0.383 e. The van der Waals surface area contributed by atoms with E-state index < -0.39 is 0 Å². The topological polar surface area (TPSA) is 9.23 Å². The van der Waals surface area contributed by atoms with E-state index in [1.165, 1.54) is 27.1 Å². The third kappa shape index (κ3) is 2.47. The molecule has 4 rings (SSSR count). The highest BCUT2D eigenvalue weighted by Gasteiger charge is 2.43. The molecule has 0 saturated heterocycles. The van der Waals surface area contributed by atoms with E-state index in [2.05, 4.69) is 78.9 Å². The Morgan fingerprint density at radius 3 is 1.88 bits per heavy atom. The van der Waals surface area contributed by atoms with Gasteiger partial charge in [0.25, 0.3) is 0 Å². The van der Waals surface area contributed by atoms with Crippen LogP contribution in [0.3, 0.4) is 0 Å². The second-order valence-corrected chi connectivity index (χ2v) is 7.26. The molecule has 120 valence electrons. The van der Waals surface area contributed by atoms with E-state index >= 15 is 0 Å². The van der Waals surface area contributed by atoms with Crippen LogP contribution in [0, 0.1) is 0 Å². The third-order valence-electron chi connectivity index (χ3n) is 4.79. The van der Waals surface area contributed by atoms with Gasteiger partial charge in [-0.2, -0.15) is 0 Å². The van der Waals surface area contributed by atoms with Gasteiger partial charge in [-0.1, -0.05) is 66.7 Å². The van der Waals surface area contributed by atoms with Crippen LogP contribution in [0.5, 0.6) is 0 Å². The summed E-state index contributed by atoms with van der Waals surface area (Å²) in [6.07, 6.45) is 0. The van der Waals surface area contributed by atoms with Crippen LogP contribution in [0.15, 0.2) is 83.8 Å². The molecule has 3 aromatic rings. The summed E-state index contributed by atoms with van der Waals surface area (Å²) in [7, 11) is 1.80. The molecule has 0 atom stereocenters. The fourth-order valence-electron chi connectivity index (χ4n) is 3.74. The molecule has 0 bridgehead atoms. The van der Waals surface area contributed by atoms with Crippen molar-refractivity contribution in [3.63, 3.8) is 0 Å². The zero-order chi connectivity index (χ0) is 16.4. The van der Waals surface area contributed by atoms with Gasteiger partial charge in [0.05, 0.1) is 12.0 Å². The third-order valence-corrected chi connectivity index (χ3v) is 6.04. The van der Waals surface area contributed by atoms with Crippen LogP contribution in [0.2, 0.25) is 0 Å². The van der Waals surface area contributed by atoms with Gasteiger partial charge in [-0.3, -0.25) is 0 Å². The summed E-state index contributed by atoms with van der Waals surface area (Å²) in [6.45, 7) is 0.695. The number of hydrogen-bond donors (Lipinski definition) is 0. The molecule has 0 heterocycles.